The number of carbonyl (C=O) groups is 1. The van der Waals surface area contributed by atoms with Crippen LogP contribution in [0.4, 0.5) is 5.69 Å². The maximum atomic E-state index is 10.9. The van der Waals surface area contributed by atoms with Crippen molar-refractivity contribution in [3.05, 3.63) is 48.1 Å². The third kappa shape index (κ3) is 10.7. The van der Waals surface area contributed by atoms with Gasteiger partial charge in [0.05, 0.1) is 24.1 Å². The molecule has 0 radical (unpaired) electrons. The maximum absolute atomic E-state index is 10.9. The predicted molar refractivity (Wildman–Crippen MR) is 144 cm³/mol. The van der Waals surface area contributed by atoms with Crippen molar-refractivity contribution in [1.29, 1.82) is 0 Å². The van der Waals surface area contributed by atoms with Crippen LogP contribution in [-0.4, -0.2) is 84.0 Å². The van der Waals surface area contributed by atoms with Crippen LogP contribution in [0.2, 0.25) is 0 Å². The Balaban J connectivity index is 1.69. The molecule has 0 amide bonds. The summed E-state index contributed by atoms with van der Waals surface area (Å²) in [6.07, 6.45) is 2.74. The Morgan fingerprint density at radius 1 is 1.13 bits per heavy atom. The summed E-state index contributed by atoms with van der Waals surface area (Å²) in [6, 6.07) is 6.92. The topological polar surface area (TPSA) is 199 Å². The molecule has 1 heterocycles. The minimum Gasteiger partial charge on any atom is -0.494 e. The number of carbonyl (C=O) groups excluding carboxylic acids is 1. The Morgan fingerprint density at radius 2 is 1.82 bits per heavy atom. The molecule has 1 saturated heterocycles. The van der Waals surface area contributed by atoms with E-state index in [1.807, 2.05) is 18.9 Å². The summed E-state index contributed by atoms with van der Waals surface area (Å²) in [7, 11) is 1.89. The number of ether oxygens (including phenoxy) is 3. The first kappa shape index (κ1) is 31.1. The maximum Gasteiger partial charge on any atom is 0.303 e. The Kier molecular flexibility index (Phi) is 12.6. The summed E-state index contributed by atoms with van der Waals surface area (Å²) in [4.78, 5) is 12.8. The highest BCUT2D eigenvalue weighted by atomic mass is 16.6. The van der Waals surface area contributed by atoms with Gasteiger partial charge < -0.3 is 45.8 Å². The van der Waals surface area contributed by atoms with Crippen molar-refractivity contribution in [2.24, 2.45) is 23.2 Å². The van der Waals surface area contributed by atoms with E-state index in [9.17, 15) is 15.0 Å². The number of aliphatic hydroxyl groups excluding tert-OH is 2. The summed E-state index contributed by atoms with van der Waals surface area (Å²) < 4.78 is 15.8. The van der Waals surface area contributed by atoms with E-state index in [4.69, 9.17) is 37.4 Å². The molecule has 4 atom stereocenters. The van der Waals surface area contributed by atoms with Gasteiger partial charge in [0.1, 0.15) is 18.5 Å². The van der Waals surface area contributed by atoms with Crippen LogP contribution in [0.25, 0.3) is 0 Å². The number of esters is 1. The molecule has 10 N–H and O–H groups in total. The molecule has 38 heavy (non-hydrogen) atoms. The minimum atomic E-state index is -1.18. The quantitative estimate of drug-likeness (QED) is 0.0779. The average molecular weight is 538 g/mol. The number of nitrogens with two attached hydrogens (primary N) is 4. The molecule has 2 rings (SSSR count). The summed E-state index contributed by atoms with van der Waals surface area (Å²) in [5.74, 6) is 12.3. The van der Waals surface area contributed by atoms with Gasteiger partial charge in [0, 0.05) is 57.0 Å². The second-order valence-corrected chi connectivity index (χ2v) is 9.39. The fraction of sp³-hybridized carbons (Fsp3) is 0.560. The van der Waals surface area contributed by atoms with Gasteiger partial charge in [-0.05, 0) is 44.7 Å². The highest BCUT2D eigenvalue weighted by molar-refractivity contribution is 5.66. The zero-order valence-electron chi connectivity index (χ0n) is 22.4. The second-order valence-electron chi connectivity index (χ2n) is 9.39. The standard InChI is InChI=1S/C25H43N7O6/c1-17-13-23(24(34)25(35)38-17)30(3)11-9-19(26)14-31(28)10-4-12-36-22-7-5-21(6-8-22)32(29)15-20(27)16-37-18(2)33/h5-8,14-15,17,23-25,34-35H,4,9-13,16,26-29H2,1-3H3/b19-14-,20-15-/t17-,23+,24-,25-/m1/s1. The number of hydrogen-bond acceptors (Lipinski definition) is 13. The monoisotopic (exact) mass is 537 g/mol. The molecule has 1 fully saturated rings. The summed E-state index contributed by atoms with van der Waals surface area (Å²) in [5, 5.41) is 22.9. The number of hydrazine groups is 2. The van der Waals surface area contributed by atoms with Gasteiger partial charge in [-0.1, -0.05) is 0 Å². The van der Waals surface area contributed by atoms with Gasteiger partial charge in [-0.2, -0.15) is 0 Å². The summed E-state index contributed by atoms with van der Waals surface area (Å²) in [6.45, 7) is 4.73. The number of hydrogen-bond donors (Lipinski definition) is 6. The van der Waals surface area contributed by atoms with Gasteiger partial charge in [0.15, 0.2) is 6.29 Å². The molecule has 0 aromatic heterocycles. The van der Waals surface area contributed by atoms with Crippen LogP contribution in [0, 0.1) is 0 Å². The van der Waals surface area contributed by atoms with Crippen molar-refractivity contribution in [2.75, 3.05) is 38.4 Å². The molecule has 0 aliphatic carbocycles. The zero-order chi connectivity index (χ0) is 28.2. The molecule has 214 valence electrons. The molecule has 13 heteroatoms. The smallest absolute Gasteiger partial charge is 0.303 e. The fourth-order valence-corrected chi connectivity index (χ4v) is 3.92. The van der Waals surface area contributed by atoms with Crippen molar-refractivity contribution in [3.63, 3.8) is 0 Å². The molecular formula is C25H43N7O6. The predicted octanol–water partition coefficient (Wildman–Crippen LogP) is -0.347. The number of benzene rings is 1. The molecule has 13 nitrogen and oxygen atoms in total. The van der Waals surface area contributed by atoms with Crippen LogP contribution < -0.4 is 32.9 Å². The largest absolute Gasteiger partial charge is 0.494 e. The number of rotatable bonds is 14. The van der Waals surface area contributed by atoms with Crippen LogP contribution in [0.5, 0.6) is 5.75 Å². The number of aliphatic hydroxyl groups is 2. The number of nitrogens with zero attached hydrogens (tertiary/aromatic N) is 3. The van der Waals surface area contributed by atoms with Gasteiger partial charge in [0.2, 0.25) is 0 Å². The molecule has 0 bridgehead atoms. The van der Waals surface area contributed by atoms with Crippen LogP contribution in [0.3, 0.4) is 0 Å². The van der Waals surface area contributed by atoms with E-state index in [0.29, 0.717) is 61.8 Å². The van der Waals surface area contributed by atoms with Crippen molar-refractivity contribution in [1.82, 2.24) is 9.91 Å². The van der Waals surface area contributed by atoms with Gasteiger partial charge in [0.25, 0.3) is 0 Å². The van der Waals surface area contributed by atoms with Crippen molar-refractivity contribution in [2.45, 2.75) is 57.6 Å². The highest BCUT2D eigenvalue weighted by Gasteiger charge is 2.36. The lowest BCUT2D eigenvalue weighted by atomic mass is 9.99. The first-order valence-electron chi connectivity index (χ1n) is 12.5. The summed E-state index contributed by atoms with van der Waals surface area (Å²) in [5.41, 5.74) is 13.5. The molecular weight excluding hydrogens is 494 g/mol. The Labute approximate surface area is 224 Å². The van der Waals surface area contributed by atoms with E-state index in [1.165, 1.54) is 23.1 Å². The van der Waals surface area contributed by atoms with Gasteiger partial charge in [-0.3, -0.25) is 9.80 Å². The number of likely N-dealkylation sites (N-methyl/N-ethyl adjacent to an activating group) is 1. The molecule has 0 spiro atoms. The van der Waals surface area contributed by atoms with Crippen molar-refractivity contribution >= 4 is 11.7 Å². The lowest BCUT2D eigenvalue weighted by Crippen LogP contribution is -2.54. The third-order valence-electron chi connectivity index (χ3n) is 5.99. The van der Waals surface area contributed by atoms with E-state index < -0.39 is 18.4 Å². The van der Waals surface area contributed by atoms with E-state index in [2.05, 4.69) is 0 Å². The van der Waals surface area contributed by atoms with Crippen LogP contribution in [-0.2, 0) is 14.3 Å². The Bertz CT molecular complexity index is 929. The van der Waals surface area contributed by atoms with E-state index in [0.717, 1.165) is 0 Å². The van der Waals surface area contributed by atoms with E-state index in [-0.39, 0.29) is 18.8 Å². The molecule has 1 aliphatic heterocycles. The normalized spacial score (nSPS) is 22.3. The first-order valence-corrected chi connectivity index (χ1v) is 12.5. The zero-order valence-corrected chi connectivity index (χ0v) is 22.4. The first-order chi connectivity index (χ1) is 18.0. The highest BCUT2D eigenvalue weighted by Crippen LogP contribution is 2.23. The number of anilines is 1. The molecule has 1 aliphatic rings. The Morgan fingerprint density at radius 3 is 2.47 bits per heavy atom. The molecule has 1 aromatic carbocycles. The van der Waals surface area contributed by atoms with Crippen molar-refractivity contribution < 1.29 is 29.2 Å². The van der Waals surface area contributed by atoms with Crippen LogP contribution in [0.1, 0.15) is 33.1 Å². The Hall–Kier alpha value is -3.07. The van der Waals surface area contributed by atoms with Gasteiger partial charge in [-0.25, -0.2) is 11.7 Å². The van der Waals surface area contributed by atoms with Crippen LogP contribution >= 0.6 is 0 Å². The molecule has 0 unspecified atom stereocenters. The molecule has 1 aromatic rings. The minimum absolute atomic E-state index is 0.0366. The van der Waals surface area contributed by atoms with E-state index >= 15 is 0 Å². The second kappa shape index (κ2) is 15.4. The summed E-state index contributed by atoms with van der Waals surface area (Å²) >= 11 is 0. The van der Waals surface area contributed by atoms with Gasteiger partial charge in [-0.15, -0.1) is 0 Å². The van der Waals surface area contributed by atoms with Gasteiger partial charge >= 0.3 is 5.97 Å². The average Bonchev–Trinajstić information content (AvgIpc) is 2.86. The lowest BCUT2D eigenvalue weighted by molar-refractivity contribution is -0.231. The molecule has 0 saturated carbocycles. The van der Waals surface area contributed by atoms with Crippen LogP contribution in [0.15, 0.2) is 48.1 Å². The van der Waals surface area contributed by atoms with E-state index in [1.54, 1.807) is 30.5 Å². The van der Waals surface area contributed by atoms with Crippen molar-refractivity contribution in [3.8, 4) is 5.75 Å². The lowest BCUT2D eigenvalue weighted by Gasteiger charge is -2.40. The third-order valence-corrected chi connectivity index (χ3v) is 5.99. The fourth-order valence-electron chi connectivity index (χ4n) is 3.92. The SMILES string of the molecule is CC(=O)OC/C(N)=C/N(N)c1ccc(OCCCN(N)/C=C(\N)CCN(C)[C@H]2C[C@@H](C)O[C@@H](O)[C@@H]2O)cc1.